The van der Waals surface area contributed by atoms with Gasteiger partial charge in [0.15, 0.2) is 9.84 Å². The van der Waals surface area contributed by atoms with Crippen molar-refractivity contribution in [3.8, 4) is 0 Å². The molecule has 0 bridgehead atoms. The Balaban J connectivity index is 2.97. The van der Waals surface area contributed by atoms with Gasteiger partial charge in [-0.05, 0) is 44.5 Å². The number of hydrogen-bond acceptors (Lipinski definition) is 3. The van der Waals surface area contributed by atoms with E-state index in [4.69, 9.17) is 5.73 Å². The van der Waals surface area contributed by atoms with Gasteiger partial charge < -0.3 is 5.73 Å². The number of rotatable bonds is 4. The monoisotopic (exact) mass is 245 g/mol. The summed E-state index contributed by atoms with van der Waals surface area (Å²) in [5.74, 6) is -0.446. The Labute approximate surface area is 95.4 Å². The van der Waals surface area contributed by atoms with Crippen LogP contribution in [0.15, 0.2) is 29.2 Å². The Kier molecular flexibility index (Phi) is 4.04. The lowest BCUT2D eigenvalue weighted by molar-refractivity contribution is 0.562. The summed E-state index contributed by atoms with van der Waals surface area (Å²) < 4.78 is 36.7. The van der Waals surface area contributed by atoms with Crippen molar-refractivity contribution >= 4 is 9.84 Å². The van der Waals surface area contributed by atoms with E-state index in [1.54, 1.807) is 13.8 Å². The molecule has 0 aliphatic rings. The molecule has 16 heavy (non-hydrogen) atoms. The van der Waals surface area contributed by atoms with Crippen LogP contribution in [0.25, 0.3) is 0 Å². The Morgan fingerprint density at radius 3 is 2.19 bits per heavy atom. The summed E-state index contributed by atoms with van der Waals surface area (Å²) in [5.41, 5.74) is 5.57. The molecule has 2 N–H and O–H groups in total. The van der Waals surface area contributed by atoms with E-state index in [-0.39, 0.29) is 10.9 Å². The summed E-state index contributed by atoms with van der Waals surface area (Å²) in [6, 6.07) is 4.67. The molecule has 0 aromatic heterocycles. The fourth-order valence-corrected chi connectivity index (χ4v) is 3.04. The molecule has 3 nitrogen and oxygen atoms in total. The zero-order valence-corrected chi connectivity index (χ0v) is 10.2. The molecule has 2 unspecified atom stereocenters. The summed E-state index contributed by atoms with van der Waals surface area (Å²) >= 11 is 0. The van der Waals surface area contributed by atoms with E-state index in [1.165, 1.54) is 12.1 Å². The molecule has 0 heterocycles. The highest BCUT2D eigenvalue weighted by Gasteiger charge is 2.23. The minimum Gasteiger partial charge on any atom is -0.328 e. The number of benzene rings is 1. The van der Waals surface area contributed by atoms with Crippen molar-refractivity contribution < 1.29 is 12.8 Å². The largest absolute Gasteiger partial charge is 0.328 e. The zero-order valence-electron chi connectivity index (χ0n) is 9.35. The van der Waals surface area contributed by atoms with E-state index in [9.17, 15) is 12.8 Å². The van der Waals surface area contributed by atoms with Crippen LogP contribution in [-0.2, 0) is 9.84 Å². The number of hydrogen-bond donors (Lipinski definition) is 1. The van der Waals surface area contributed by atoms with Crippen molar-refractivity contribution in [3.05, 3.63) is 30.1 Å². The molecular formula is C11H16FNO2S. The fraction of sp³-hybridized carbons (Fsp3) is 0.455. The van der Waals surface area contributed by atoms with Crippen molar-refractivity contribution in [3.63, 3.8) is 0 Å². The van der Waals surface area contributed by atoms with Crippen molar-refractivity contribution in [2.24, 2.45) is 5.73 Å². The van der Waals surface area contributed by atoms with Crippen molar-refractivity contribution in [2.75, 3.05) is 0 Å². The van der Waals surface area contributed by atoms with Gasteiger partial charge in [-0.1, -0.05) is 0 Å². The topological polar surface area (TPSA) is 60.2 Å². The SMILES string of the molecule is CC(N)CC(C)S(=O)(=O)c1ccc(F)cc1. The number of nitrogens with two attached hydrogens (primary N) is 1. The van der Waals surface area contributed by atoms with E-state index >= 15 is 0 Å². The second-order valence-electron chi connectivity index (χ2n) is 4.02. The van der Waals surface area contributed by atoms with E-state index in [0.29, 0.717) is 6.42 Å². The molecule has 0 amide bonds. The van der Waals surface area contributed by atoms with Gasteiger partial charge in [0.2, 0.25) is 0 Å². The van der Waals surface area contributed by atoms with E-state index in [2.05, 4.69) is 0 Å². The predicted octanol–water partition coefficient (Wildman–Crippen LogP) is 1.73. The second kappa shape index (κ2) is 4.93. The average Bonchev–Trinajstić information content (AvgIpc) is 2.17. The van der Waals surface area contributed by atoms with Crippen molar-refractivity contribution in [1.82, 2.24) is 0 Å². The molecule has 0 radical (unpaired) electrons. The Hall–Kier alpha value is -0.940. The molecule has 5 heteroatoms. The van der Waals surface area contributed by atoms with E-state index in [0.717, 1.165) is 12.1 Å². The van der Waals surface area contributed by atoms with Crippen LogP contribution in [0.4, 0.5) is 4.39 Å². The molecule has 2 atom stereocenters. The molecule has 0 fully saturated rings. The third-order valence-corrected chi connectivity index (χ3v) is 4.56. The lowest BCUT2D eigenvalue weighted by Crippen LogP contribution is -2.27. The first-order chi connectivity index (χ1) is 7.34. The van der Waals surface area contributed by atoms with Gasteiger partial charge >= 0.3 is 0 Å². The summed E-state index contributed by atoms with van der Waals surface area (Å²) in [5, 5.41) is -0.557. The molecular weight excluding hydrogens is 229 g/mol. The van der Waals surface area contributed by atoms with Crippen LogP contribution in [0, 0.1) is 5.82 Å². The molecule has 0 aliphatic heterocycles. The maximum atomic E-state index is 12.7. The molecule has 1 aromatic rings. The molecule has 0 saturated carbocycles. The molecule has 90 valence electrons. The summed E-state index contributed by atoms with van der Waals surface area (Å²) in [6.07, 6.45) is 0.389. The van der Waals surface area contributed by atoms with Gasteiger partial charge in [0.05, 0.1) is 10.1 Å². The normalized spacial score (nSPS) is 15.8. The van der Waals surface area contributed by atoms with Gasteiger partial charge in [0, 0.05) is 6.04 Å². The summed E-state index contributed by atoms with van der Waals surface area (Å²) in [4.78, 5) is 0.141. The summed E-state index contributed by atoms with van der Waals surface area (Å²) in [6.45, 7) is 3.37. The first kappa shape index (κ1) is 13.1. The maximum absolute atomic E-state index is 12.7. The van der Waals surface area contributed by atoms with Crippen molar-refractivity contribution in [1.29, 1.82) is 0 Å². The van der Waals surface area contributed by atoms with Gasteiger partial charge in [-0.15, -0.1) is 0 Å². The second-order valence-corrected chi connectivity index (χ2v) is 6.39. The van der Waals surface area contributed by atoms with Crippen LogP contribution in [0.2, 0.25) is 0 Å². The van der Waals surface area contributed by atoms with Crippen LogP contribution < -0.4 is 5.73 Å². The van der Waals surface area contributed by atoms with Crippen LogP contribution >= 0.6 is 0 Å². The molecule has 1 aromatic carbocycles. The van der Waals surface area contributed by atoms with Crippen LogP contribution in [-0.4, -0.2) is 19.7 Å². The van der Waals surface area contributed by atoms with Gasteiger partial charge in [0.25, 0.3) is 0 Å². The maximum Gasteiger partial charge on any atom is 0.181 e. The van der Waals surface area contributed by atoms with Crippen molar-refractivity contribution in [2.45, 2.75) is 36.5 Å². The number of halogens is 1. The number of sulfone groups is 1. The molecule has 1 rings (SSSR count). The Morgan fingerprint density at radius 2 is 1.75 bits per heavy atom. The lowest BCUT2D eigenvalue weighted by Gasteiger charge is -2.14. The molecule has 0 saturated heterocycles. The Bertz CT molecular complexity index is 440. The predicted molar refractivity (Wildman–Crippen MR) is 61.3 cm³/mol. The average molecular weight is 245 g/mol. The zero-order chi connectivity index (χ0) is 12.3. The Morgan fingerprint density at radius 1 is 1.25 bits per heavy atom. The summed E-state index contributed by atoms with van der Waals surface area (Å²) in [7, 11) is -3.40. The van der Waals surface area contributed by atoms with Crippen LogP contribution in [0.5, 0.6) is 0 Å². The molecule has 0 spiro atoms. The first-order valence-electron chi connectivity index (χ1n) is 5.09. The quantitative estimate of drug-likeness (QED) is 0.822. The van der Waals surface area contributed by atoms with Gasteiger partial charge in [-0.25, -0.2) is 12.8 Å². The minimum atomic E-state index is -3.40. The highest BCUT2D eigenvalue weighted by molar-refractivity contribution is 7.92. The highest BCUT2D eigenvalue weighted by atomic mass is 32.2. The van der Waals surface area contributed by atoms with Crippen LogP contribution in [0.1, 0.15) is 20.3 Å². The fourth-order valence-electron chi connectivity index (χ4n) is 1.51. The third-order valence-electron chi connectivity index (χ3n) is 2.38. The van der Waals surface area contributed by atoms with E-state index in [1.807, 2.05) is 0 Å². The van der Waals surface area contributed by atoms with Gasteiger partial charge in [0.1, 0.15) is 5.82 Å². The highest BCUT2D eigenvalue weighted by Crippen LogP contribution is 2.19. The first-order valence-corrected chi connectivity index (χ1v) is 6.63. The standard InChI is InChI=1S/C11H16FNO2S/c1-8(13)7-9(2)16(14,15)11-5-3-10(12)4-6-11/h3-6,8-9H,7,13H2,1-2H3. The minimum absolute atomic E-state index is 0.141. The van der Waals surface area contributed by atoms with E-state index < -0.39 is 20.9 Å². The van der Waals surface area contributed by atoms with Crippen LogP contribution in [0.3, 0.4) is 0 Å². The molecule has 0 aliphatic carbocycles. The van der Waals surface area contributed by atoms with Gasteiger partial charge in [-0.2, -0.15) is 0 Å². The third kappa shape index (κ3) is 3.02. The lowest BCUT2D eigenvalue weighted by atomic mass is 10.2. The smallest absolute Gasteiger partial charge is 0.181 e. The van der Waals surface area contributed by atoms with Gasteiger partial charge in [-0.3, -0.25) is 0 Å².